The van der Waals surface area contributed by atoms with E-state index in [0.29, 0.717) is 6.04 Å². The normalized spacial score (nSPS) is 12.9. The van der Waals surface area contributed by atoms with E-state index in [0.717, 1.165) is 38.2 Å². The van der Waals surface area contributed by atoms with Gasteiger partial charge in [-0.15, -0.1) is 0 Å². The summed E-state index contributed by atoms with van der Waals surface area (Å²) in [5.41, 5.74) is 1.17. The number of hydrogen-bond acceptors (Lipinski definition) is 4. The molecule has 19 heavy (non-hydrogen) atoms. The van der Waals surface area contributed by atoms with Crippen LogP contribution >= 0.6 is 0 Å². The van der Waals surface area contributed by atoms with Gasteiger partial charge in [0.2, 0.25) is 0 Å². The van der Waals surface area contributed by atoms with Gasteiger partial charge in [-0.25, -0.2) is 0 Å². The Bertz CT molecular complexity index is 362. The van der Waals surface area contributed by atoms with Gasteiger partial charge in [0.15, 0.2) is 5.75 Å². The number of methoxy groups -OCH3 is 1. The van der Waals surface area contributed by atoms with Crippen molar-refractivity contribution < 1.29 is 4.74 Å². The monoisotopic (exact) mass is 268 g/mol. The molecule has 0 spiro atoms. The molecule has 0 radical (unpaired) electrons. The third-order valence-corrected chi connectivity index (χ3v) is 3.20. The van der Waals surface area contributed by atoms with Crippen LogP contribution < -0.4 is 10.1 Å². The van der Waals surface area contributed by atoms with E-state index >= 15 is 0 Å². The van der Waals surface area contributed by atoms with Crippen LogP contribution in [0.25, 0.3) is 0 Å². The van der Waals surface area contributed by atoms with Gasteiger partial charge >= 0.3 is 0 Å². The van der Waals surface area contributed by atoms with Gasteiger partial charge in [-0.3, -0.25) is 4.68 Å². The van der Waals surface area contributed by atoms with Gasteiger partial charge in [-0.2, -0.15) is 5.10 Å². The van der Waals surface area contributed by atoms with Crippen LogP contribution in [0.4, 0.5) is 0 Å². The lowest BCUT2D eigenvalue weighted by atomic mass is 10.1. The molecule has 5 heteroatoms. The second-order valence-corrected chi connectivity index (χ2v) is 5.04. The van der Waals surface area contributed by atoms with E-state index in [1.54, 1.807) is 7.11 Å². The average molecular weight is 268 g/mol. The largest absolute Gasteiger partial charge is 0.493 e. The van der Waals surface area contributed by atoms with Gasteiger partial charge in [0.25, 0.3) is 0 Å². The Hall–Kier alpha value is -1.07. The molecule has 1 N–H and O–H groups in total. The smallest absolute Gasteiger partial charge is 0.161 e. The standard InChI is InChI=1S/C14H28N4O/c1-6-8-15-12(7-2)14-13(19-5)11-16-18(14)10-9-17(3)4/h11-12,15H,6-10H2,1-5H3. The lowest BCUT2D eigenvalue weighted by Crippen LogP contribution is -2.27. The molecule has 0 aliphatic rings. The predicted molar refractivity (Wildman–Crippen MR) is 78.7 cm³/mol. The van der Waals surface area contributed by atoms with Gasteiger partial charge < -0.3 is 15.0 Å². The number of ether oxygens (including phenoxy) is 1. The van der Waals surface area contributed by atoms with Crippen molar-refractivity contribution in [2.45, 2.75) is 39.3 Å². The highest BCUT2D eigenvalue weighted by atomic mass is 16.5. The molecule has 0 aliphatic carbocycles. The number of aromatic nitrogens is 2. The Morgan fingerprint density at radius 2 is 2.16 bits per heavy atom. The van der Waals surface area contributed by atoms with Crippen molar-refractivity contribution in [1.29, 1.82) is 0 Å². The molecule has 0 aromatic carbocycles. The molecule has 0 bridgehead atoms. The quantitative estimate of drug-likeness (QED) is 0.743. The molecule has 0 amide bonds. The first-order valence-corrected chi connectivity index (χ1v) is 7.11. The Labute approximate surface area is 116 Å². The molecule has 1 heterocycles. The maximum Gasteiger partial charge on any atom is 0.161 e. The summed E-state index contributed by atoms with van der Waals surface area (Å²) in [5.74, 6) is 0.884. The first-order valence-electron chi connectivity index (χ1n) is 7.11. The number of hydrogen-bond donors (Lipinski definition) is 1. The third-order valence-electron chi connectivity index (χ3n) is 3.20. The third kappa shape index (κ3) is 4.51. The fraction of sp³-hybridized carbons (Fsp3) is 0.786. The summed E-state index contributed by atoms with van der Waals surface area (Å²) >= 11 is 0. The predicted octanol–water partition coefficient (Wildman–Crippen LogP) is 1.90. The molecular formula is C14H28N4O. The van der Waals surface area contributed by atoms with E-state index < -0.39 is 0 Å². The van der Waals surface area contributed by atoms with E-state index in [2.05, 4.69) is 47.9 Å². The molecule has 0 fully saturated rings. The Kier molecular flexibility index (Phi) is 6.87. The van der Waals surface area contributed by atoms with Crippen LogP contribution in [-0.2, 0) is 6.54 Å². The highest BCUT2D eigenvalue weighted by Crippen LogP contribution is 2.27. The highest BCUT2D eigenvalue weighted by Gasteiger charge is 2.19. The Morgan fingerprint density at radius 3 is 2.68 bits per heavy atom. The summed E-state index contributed by atoms with van der Waals surface area (Å²) in [6.07, 6.45) is 3.98. The number of likely N-dealkylation sites (N-methyl/N-ethyl adjacent to an activating group) is 1. The molecule has 1 aromatic heterocycles. The zero-order valence-corrected chi connectivity index (χ0v) is 12.9. The number of rotatable bonds is 9. The van der Waals surface area contributed by atoms with Gasteiger partial charge in [0.1, 0.15) is 0 Å². The zero-order valence-electron chi connectivity index (χ0n) is 12.9. The van der Waals surface area contributed by atoms with Gasteiger partial charge in [0.05, 0.1) is 31.6 Å². The van der Waals surface area contributed by atoms with E-state index in [9.17, 15) is 0 Å². The van der Waals surface area contributed by atoms with Crippen molar-refractivity contribution in [2.24, 2.45) is 0 Å². The summed E-state index contributed by atoms with van der Waals surface area (Å²) in [4.78, 5) is 2.17. The van der Waals surface area contributed by atoms with E-state index in [1.165, 1.54) is 5.69 Å². The SMILES string of the molecule is CCCNC(CC)c1c(OC)cnn1CCN(C)C. The lowest BCUT2D eigenvalue weighted by Gasteiger charge is -2.20. The van der Waals surface area contributed by atoms with E-state index in [4.69, 9.17) is 4.74 Å². The van der Waals surface area contributed by atoms with Crippen LogP contribution in [0.15, 0.2) is 6.20 Å². The number of nitrogens with zero attached hydrogens (tertiary/aromatic N) is 3. The van der Waals surface area contributed by atoms with Crippen molar-refractivity contribution in [2.75, 3.05) is 34.3 Å². The van der Waals surface area contributed by atoms with Gasteiger partial charge in [0, 0.05) is 6.54 Å². The molecule has 1 unspecified atom stereocenters. The molecule has 110 valence electrons. The van der Waals surface area contributed by atoms with Crippen molar-refractivity contribution in [3.63, 3.8) is 0 Å². The number of nitrogens with one attached hydrogen (secondary N) is 1. The lowest BCUT2D eigenvalue weighted by molar-refractivity contribution is 0.352. The summed E-state index contributed by atoms with van der Waals surface area (Å²) < 4.78 is 7.52. The fourth-order valence-electron chi connectivity index (χ4n) is 2.11. The summed E-state index contributed by atoms with van der Waals surface area (Å²) in [6.45, 7) is 7.24. The fourth-order valence-corrected chi connectivity index (χ4v) is 2.11. The summed E-state index contributed by atoms with van der Waals surface area (Å²) in [7, 11) is 5.86. The molecule has 1 atom stereocenters. The molecule has 5 nitrogen and oxygen atoms in total. The highest BCUT2D eigenvalue weighted by molar-refractivity contribution is 5.28. The molecule has 0 saturated heterocycles. The molecule has 0 saturated carbocycles. The minimum absolute atomic E-state index is 0.305. The molecule has 0 aliphatic heterocycles. The zero-order chi connectivity index (χ0) is 14.3. The van der Waals surface area contributed by atoms with E-state index in [-0.39, 0.29) is 0 Å². The van der Waals surface area contributed by atoms with Crippen LogP contribution in [0.2, 0.25) is 0 Å². The minimum atomic E-state index is 0.305. The Morgan fingerprint density at radius 1 is 1.42 bits per heavy atom. The minimum Gasteiger partial charge on any atom is -0.493 e. The molecule has 1 aromatic rings. The van der Waals surface area contributed by atoms with Crippen LogP contribution in [0.1, 0.15) is 38.4 Å². The van der Waals surface area contributed by atoms with Gasteiger partial charge in [-0.1, -0.05) is 13.8 Å². The summed E-state index contributed by atoms with van der Waals surface area (Å²) in [6, 6.07) is 0.305. The van der Waals surface area contributed by atoms with Crippen LogP contribution in [0, 0.1) is 0 Å². The van der Waals surface area contributed by atoms with Crippen molar-refractivity contribution in [1.82, 2.24) is 20.0 Å². The van der Waals surface area contributed by atoms with Crippen molar-refractivity contribution in [3.05, 3.63) is 11.9 Å². The van der Waals surface area contributed by atoms with Crippen LogP contribution in [0.3, 0.4) is 0 Å². The second-order valence-electron chi connectivity index (χ2n) is 5.04. The van der Waals surface area contributed by atoms with Crippen molar-refractivity contribution >= 4 is 0 Å². The first kappa shape index (κ1) is 16.0. The molecular weight excluding hydrogens is 240 g/mol. The van der Waals surface area contributed by atoms with Crippen molar-refractivity contribution in [3.8, 4) is 5.75 Å². The second kappa shape index (κ2) is 8.17. The van der Waals surface area contributed by atoms with Crippen LogP contribution in [0.5, 0.6) is 5.75 Å². The first-order chi connectivity index (χ1) is 9.13. The maximum atomic E-state index is 5.46. The summed E-state index contributed by atoms with van der Waals surface area (Å²) in [5, 5.41) is 8.03. The average Bonchev–Trinajstić information content (AvgIpc) is 2.80. The topological polar surface area (TPSA) is 42.3 Å². The Balaban J connectivity index is 2.89. The van der Waals surface area contributed by atoms with Gasteiger partial charge in [-0.05, 0) is 33.5 Å². The molecule has 1 rings (SSSR count). The maximum absolute atomic E-state index is 5.46. The van der Waals surface area contributed by atoms with E-state index in [1.807, 2.05) is 6.20 Å². The van der Waals surface area contributed by atoms with Crippen LogP contribution in [-0.4, -0.2) is 49.0 Å².